The number of carbonyl (C=O) groups excluding carboxylic acids is 1. The Morgan fingerprint density at radius 2 is 2.05 bits per heavy atom. The topological polar surface area (TPSA) is 55.1 Å². The molecule has 0 aliphatic heterocycles. The number of carbonyl (C=O) groups is 1. The normalized spacial score (nSPS) is 10.4. The molecule has 0 bridgehead atoms. The van der Waals surface area contributed by atoms with Gasteiger partial charge in [-0.05, 0) is 18.9 Å². The van der Waals surface area contributed by atoms with E-state index < -0.39 is 0 Å². The Morgan fingerprint density at radius 3 is 2.74 bits per heavy atom. The molecule has 19 heavy (non-hydrogen) atoms. The van der Waals surface area contributed by atoms with Gasteiger partial charge in [-0.2, -0.15) is 0 Å². The fraction of sp³-hybridized carbons (Fsp3) is 0.333. The molecule has 0 atom stereocenters. The van der Waals surface area contributed by atoms with E-state index in [1.807, 2.05) is 43.3 Å². The molecule has 1 N–H and O–H groups in total. The molecule has 0 aliphatic carbocycles. The summed E-state index contributed by atoms with van der Waals surface area (Å²) in [6.07, 6.45) is 1.96. The maximum atomic E-state index is 11.7. The van der Waals surface area contributed by atoms with Crippen LogP contribution >= 0.6 is 0 Å². The second-order valence-electron chi connectivity index (χ2n) is 4.52. The highest BCUT2D eigenvalue weighted by molar-refractivity contribution is 5.76. The summed E-state index contributed by atoms with van der Waals surface area (Å²) < 4.78 is 5.07. The second kappa shape index (κ2) is 6.73. The molecule has 1 aromatic heterocycles. The number of rotatable bonds is 6. The molecule has 100 valence electrons. The Bertz CT molecular complexity index is 520. The maximum absolute atomic E-state index is 11.7. The van der Waals surface area contributed by atoms with Crippen LogP contribution in [0, 0.1) is 6.92 Å². The molecule has 0 saturated heterocycles. The van der Waals surface area contributed by atoms with Crippen LogP contribution in [0.25, 0.3) is 0 Å². The third-order valence-corrected chi connectivity index (χ3v) is 2.85. The molecule has 0 saturated carbocycles. The minimum absolute atomic E-state index is 0.0695. The maximum Gasteiger partial charge on any atom is 0.220 e. The number of aromatic nitrogens is 1. The minimum Gasteiger partial charge on any atom is -0.361 e. The first kappa shape index (κ1) is 13.3. The van der Waals surface area contributed by atoms with Crippen LogP contribution in [-0.4, -0.2) is 17.6 Å². The van der Waals surface area contributed by atoms with Crippen molar-refractivity contribution >= 4 is 5.91 Å². The molecule has 4 heteroatoms. The van der Waals surface area contributed by atoms with Crippen LogP contribution in [-0.2, 0) is 17.6 Å². The van der Waals surface area contributed by atoms with E-state index in [1.165, 1.54) is 5.56 Å². The lowest BCUT2D eigenvalue weighted by Crippen LogP contribution is -2.25. The standard InChI is InChI=1S/C15H18N2O2/c1-12-11-14(19-17-12)9-10-16-15(18)8-7-13-5-3-2-4-6-13/h2-6,11H,7-10H2,1H3,(H,16,18). The zero-order valence-electron chi connectivity index (χ0n) is 11.1. The van der Waals surface area contributed by atoms with Crippen LogP contribution in [0.2, 0.25) is 0 Å². The van der Waals surface area contributed by atoms with Crippen molar-refractivity contribution in [1.82, 2.24) is 10.5 Å². The van der Waals surface area contributed by atoms with E-state index in [0.29, 0.717) is 19.4 Å². The van der Waals surface area contributed by atoms with Crippen LogP contribution in [0.1, 0.15) is 23.4 Å². The van der Waals surface area contributed by atoms with E-state index in [2.05, 4.69) is 10.5 Å². The van der Waals surface area contributed by atoms with Crippen molar-refractivity contribution in [2.75, 3.05) is 6.54 Å². The highest BCUT2D eigenvalue weighted by Gasteiger charge is 2.04. The van der Waals surface area contributed by atoms with Gasteiger partial charge in [0.1, 0.15) is 5.76 Å². The molecule has 0 unspecified atom stereocenters. The first-order valence-corrected chi connectivity index (χ1v) is 6.47. The van der Waals surface area contributed by atoms with Gasteiger partial charge in [0.05, 0.1) is 5.69 Å². The van der Waals surface area contributed by atoms with Crippen LogP contribution in [0.15, 0.2) is 40.9 Å². The monoisotopic (exact) mass is 258 g/mol. The molecular formula is C15H18N2O2. The number of nitrogens with zero attached hydrogens (tertiary/aromatic N) is 1. The first-order valence-electron chi connectivity index (χ1n) is 6.47. The Morgan fingerprint density at radius 1 is 1.26 bits per heavy atom. The summed E-state index contributed by atoms with van der Waals surface area (Å²) in [5, 5.41) is 6.69. The predicted octanol–water partition coefficient (Wildman–Crippen LogP) is 2.27. The van der Waals surface area contributed by atoms with E-state index >= 15 is 0 Å². The lowest BCUT2D eigenvalue weighted by Gasteiger charge is -2.03. The van der Waals surface area contributed by atoms with E-state index in [-0.39, 0.29) is 5.91 Å². The third kappa shape index (κ3) is 4.58. The van der Waals surface area contributed by atoms with Crippen molar-refractivity contribution in [3.63, 3.8) is 0 Å². The molecule has 0 radical (unpaired) electrons. The summed E-state index contributed by atoms with van der Waals surface area (Å²) in [7, 11) is 0. The summed E-state index contributed by atoms with van der Waals surface area (Å²) in [4.78, 5) is 11.7. The molecule has 1 amide bonds. The van der Waals surface area contributed by atoms with Gasteiger partial charge in [0.25, 0.3) is 0 Å². The van der Waals surface area contributed by atoms with Gasteiger partial charge >= 0.3 is 0 Å². The molecule has 0 fully saturated rings. The van der Waals surface area contributed by atoms with Crippen LogP contribution in [0.5, 0.6) is 0 Å². The van der Waals surface area contributed by atoms with Gasteiger partial charge in [-0.25, -0.2) is 0 Å². The first-order chi connectivity index (χ1) is 9.24. The second-order valence-corrected chi connectivity index (χ2v) is 4.52. The van der Waals surface area contributed by atoms with Crippen LogP contribution < -0.4 is 5.32 Å². The molecule has 2 aromatic rings. The van der Waals surface area contributed by atoms with E-state index in [0.717, 1.165) is 17.9 Å². The van der Waals surface area contributed by atoms with Crippen molar-refractivity contribution in [3.8, 4) is 0 Å². The fourth-order valence-electron chi connectivity index (χ4n) is 1.85. The quantitative estimate of drug-likeness (QED) is 0.864. The van der Waals surface area contributed by atoms with Crippen molar-refractivity contribution in [2.24, 2.45) is 0 Å². The van der Waals surface area contributed by atoms with Gasteiger partial charge in [0, 0.05) is 25.5 Å². The lowest BCUT2D eigenvalue weighted by atomic mass is 10.1. The number of hydrogen-bond acceptors (Lipinski definition) is 3. The smallest absolute Gasteiger partial charge is 0.220 e. The average molecular weight is 258 g/mol. The van der Waals surface area contributed by atoms with Crippen LogP contribution in [0.3, 0.4) is 0 Å². The molecule has 0 spiro atoms. The van der Waals surface area contributed by atoms with Gasteiger partial charge in [0.2, 0.25) is 5.91 Å². The van der Waals surface area contributed by atoms with Crippen molar-refractivity contribution in [3.05, 3.63) is 53.4 Å². The predicted molar refractivity (Wildman–Crippen MR) is 72.7 cm³/mol. The number of nitrogens with one attached hydrogen (secondary N) is 1. The largest absolute Gasteiger partial charge is 0.361 e. The molecular weight excluding hydrogens is 240 g/mol. The highest BCUT2D eigenvalue weighted by Crippen LogP contribution is 2.03. The van der Waals surface area contributed by atoms with Gasteiger partial charge in [-0.3, -0.25) is 4.79 Å². The molecule has 0 aliphatic rings. The summed E-state index contributed by atoms with van der Waals surface area (Å²) in [5.41, 5.74) is 2.05. The van der Waals surface area contributed by atoms with Crippen molar-refractivity contribution < 1.29 is 9.32 Å². The molecule has 2 rings (SSSR count). The van der Waals surface area contributed by atoms with Gasteiger partial charge < -0.3 is 9.84 Å². The fourth-order valence-corrected chi connectivity index (χ4v) is 1.85. The summed E-state index contributed by atoms with van der Waals surface area (Å²) in [5.74, 6) is 0.876. The van der Waals surface area contributed by atoms with E-state index in [1.54, 1.807) is 0 Å². The summed E-state index contributed by atoms with van der Waals surface area (Å²) in [6.45, 7) is 2.47. The Hall–Kier alpha value is -2.10. The lowest BCUT2D eigenvalue weighted by molar-refractivity contribution is -0.121. The Labute approximate surface area is 112 Å². The summed E-state index contributed by atoms with van der Waals surface area (Å²) in [6, 6.07) is 11.9. The van der Waals surface area contributed by atoms with E-state index in [9.17, 15) is 4.79 Å². The average Bonchev–Trinajstić information content (AvgIpc) is 2.83. The summed E-state index contributed by atoms with van der Waals surface area (Å²) >= 11 is 0. The zero-order valence-corrected chi connectivity index (χ0v) is 11.1. The molecule has 1 aromatic carbocycles. The van der Waals surface area contributed by atoms with E-state index in [4.69, 9.17) is 4.52 Å². The van der Waals surface area contributed by atoms with Crippen molar-refractivity contribution in [1.29, 1.82) is 0 Å². The molecule has 1 heterocycles. The van der Waals surface area contributed by atoms with Gasteiger partial charge in [-0.15, -0.1) is 0 Å². The highest BCUT2D eigenvalue weighted by atomic mass is 16.5. The zero-order chi connectivity index (χ0) is 13.5. The number of amides is 1. The van der Waals surface area contributed by atoms with Crippen molar-refractivity contribution in [2.45, 2.75) is 26.2 Å². The molecule has 4 nitrogen and oxygen atoms in total. The van der Waals surface area contributed by atoms with Crippen LogP contribution in [0.4, 0.5) is 0 Å². The Kier molecular flexibility index (Phi) is 4.72. The van der Waals surface area contributed by atoms with Gasteiger partial charge in [-0.1, -0.05) is 35.5 Å². The van der Waals surface area contributed by atoms with Gasteiger partial charge in [0.15, 0.2) is 0 Å². The SMILES string of the molecule is Cc1cc(CCNC(=O)CCc2ccccc2)on1. The number of hydrogen-bond donors (Lipinski definition) is 1. The Balaban J connectivity index is 1.65. The number of aryl methyl sites for hydroxylation is 2. The third-order valence-electron chi connectivity index (χ3n) is 2.85. The minimum atomic E-state index is 0.0695. The number of benzene rings is 1.